The van der Waals surface area contributed by atoms with E-state index in [1.807, 2.05) is 49.4 Å². The van der Waals surface area contributed by atoms with E-state index < -0.39 is 0 Å². The fraction of sp³-hybridized carbons (Fsp3) is 0.259. The molecule has 0 spiro atoms. The Kier molecular flexibility index (Phi) is 8.89. The second kappa shape index (κ2) is 12.1. The number of hydrogen-bond acceptors (Lipinski definition) is 6. The molecule has 1 N–H and O–H groups in total. The Morgan fingerprint density at radius 2 is 1.91 bits per heavy atom. The van der Waals surface area contributed by atoms with Crippen molar-refractivity contribution in [3.63, 3.8) is 0 Å². The van der Waals surface area contributed by atoms with E-state index in [1.165, 1.54) is 0 Å². The predicted octanol–water partition coefficient (Wildman–Crippen LogP) is 5.43. The number of benzene rings is 2. The van der Waals surface area contributed by atoms with Gasteiger partial charge in [-0.25, -0.2) is 0 Å². The molecule has 33 heavy (non-hydrogen) atoms. The van der Waals surface area contributed by atoms with Gasteiger partial charge in [-0.3, -0.25) is 0 Å². The fourth-order valence-corrected chi connectivity index (χ4v) is 3.54. The molecule has 0 fully saturated rings. The molecule has 0 amide bonds. The maximum atomic E-state index is 5.60. The molecule has 0 radical (unpaired) electrons. The molecule has 172 valence electrons. The summed E-state index contributed by atoms with van der Waals surface area (Å²) in [5.41, 5.74) is 7.00. The van der Waals surface area contributed by atoms with Crippen molar-refractivity contribution >= 4 is 5.57 Å². The van der Waals surface area contributed by atoms with E-state index in [9.17, 15) is 0 Å². The lowest BCUT2D eigenvalue weighted by Gasteiger charge is -2.13. The van der Waals surface area contributed by atoms with Gasteiger partial charge in [0.15, 0.2) is 0 Å². The van der Waals surface area contributed by atoms with Gasteiger partial charge in [-0.15, -0.1) is 0 Å². The zero-order valence-corrected chi connectivity index (χ0v) is 19.6. The Balaban J connectivity index is 1.88. The van der Waals surface area contributed by atoms with E-state index in [4.69, 9.17) is 14.0 Å². The Morgan fingerprint density at radius 1 is 1.06 bits per heavy atom. The molecule has 0 bridgehead atoms. The van der Waals surface area contributed by atoms with Gasteiger partial charge in [-0.2, -0.15) is 4.98 Å². The second-order valence-electron chi connectivity index (χ2n) is 7.60. The molecule has 0 saturated carbocycles. The number of rotatable bonds is 12. The van der Waals surface area contributed by atoms with Crippen LogP contribution < -0.4 is 5.32 Å². The molecular weight excluding hydrogens is 414 g/mol. The molecule has 2 aromatic carbocycles. The summed E-state index contributed by atoms with van der Waals surface area (Å²) in [5, 5.41) is 7.55. The Labute approximate surface area is 195 Å². The van der Waals surface area contributed by atoms with Gasteiger partial charge in [0.1, 0.15) is 0 Å². The standard InChI is InChI=1S/C27H31N3O3/c1-6-19(3)24(7-2)25-12-11-22(16-23(25)18-32-5)27-29-26(30-33-27)21-10-8-9-20(15-21)17-28-13-14-31-4/h6-12,15-16,28H,1-2,13-14,17-18H2,3-5H3/b24-19+. The molecule has 1 aromatic heterocycles. The van der Waals surface area contributed by atoms with Crippen LogP contribution in [0, 0.1) is 0 Å². The highest BCUT2D eigenvalue weighted by molar-refractivity contribution is 5.80. The van der Waals surface area contributed by atoms with Crippen LogP contribution in [-0.2, 0) is 22.6 Å². The van der Waals surface area contributed by atoms with Crippen LogP contribution in [-0.4, -0.2) is 37.5 Å². The Bertz CT molecular complexity index is 1130. The van der Waals surface area contributed by atoms with Crippen molar-refractivity contribution in [3.8, 4) is 22.8 Å². The summed E-state index contributed by atoms with van der Waals surface area (Å²) >= 11 is 0. The van der Waals surface area contributed by atoms with E-state index >= 15 is 0 Å². The second-order valence-corrected chi connectivity index (χ2v) is 7.60. The molecule has 6 heteroatoms. The van der Waals surface area contributed by atoms with Crippen LogP contribution >= 0.6 is 0 Å². The third-order valence-corrected chi connectivity index (χ3v) is 5.30. The summed E-state index contributed by atoms with van der Waals surface area (Å²) in [4.78, 5) is 4.64. The van der Waals surface area contributed by atoms with Gasteiger partial charge in [0.2, 0.25) is 5.82 Å². The lowest BCUT2D eigenvalue weighted by molar-refractivity contribution is 0.184. The first-order valence-corrected chi connectivity index (χ1v) is 10.8. The highest BCUT2D eigenvalue weighted by Crippen LogP contribution is 2.30. The van der Waals surface area contributed by atoms with Crippen LogP contribution in [0.2, 0.25) is 0 Å². The van der Waals surface area contributed by atoms with Crippen LogP contribution in [0.5, 0.6) is 0 Å². The minimum Gasteiger partial charge on any atom is -0.383 e. The SMILES string of the molecule is C=C/C(C)=C(\C=C)c1ccc(-c2nc(-c3cccc(CNCCOC)c3)no2)cc1COC. The molecule has 0 unspecified atom stereocenters. The van der Waals surface area contributed by atoms with Gasteiger partial charge in [-0.05, 0) is 53.0 Å². The van der Waals surface area contributed by atoms with Crippen LogP contribution in [0.3, 0.4) is 0 Å². The monoisotopic (exact) mass is 445 g/mol. The molecular formula is C27H31N3O3. The van der Waals surface area contributed by atoms with E-state index in [2.05, 4.69) is 40.7 Å². The third kappa shape index (κ3) is 6.14. The van der Waals surface area contributed by atoms with Crippen LogP contribution in [0.25, 0.3) is 28.4 Å². The maximum Gasteiger partial charge on any atom is 0.258 e. The van der Waals surface area contributed by atoms with Crippen molar-refractivity contribution in [2.45, 2.75) is 20.1 Å². The highest BCUT2D eigenvalue weighted by Gasteiger charge is 2.15. The van der Waals surface area contributed by atoms with Crippen molar-refractivity contribution in [1.29, 1.82) is 0 Å². The average molecular weight is 446 g/mol. The van der Waals surface area contributed by atoms with Crippen LogP contribution in [0.15, 0.2) is 77.9 Å². The van der Waals surface area contributed by atoms with E-state index in [-0.39, 0.29) is 0 Å². The van der Waals surface area contributed by atoms with Crippen molar-refractivity contribution in [2.75, 3.05) is 27.4 Å². The van der Waals surface area contributed by atoms with Gasteiger partial charge in [0.05, 0.1) is 13.2 Å². The zero-order chi connectivity index (χ0) is 23.6. The lowest BCUT2D eigenvalue weighted by Crippen LogP contribution is -2.18. The molecule has 0 saturated heterocycles. The fourth-order valence-electron chi connectivity index (χ4n) is 3.54. The van der Waals surface area contributed by atoms with Crippen molar-refractivity contribution in [2.24, 2.45) is 0 Å². The van der Waals surface area contributed by atoms with Gasteiger partial charge < -0.3 is 19.3 Å². The molecule has 0 aliphatic rings. The number of ether oxygens (including phenoxy) is 2. The summed E-state index contributed by atoms with van der Waals surface area (Å²) in [6.45, 7) is 12.5. The smallest absolute Gasteiger partial charge is 0.258 e. The number of nitrogens with zero attached hydrogens (tertiary/aromatic N) is 2. The number of hydrogen-bond donors (Lipinski definition) is 1. The van der Waals surface area contributed by atoms with Crippen LogP contribution in [0.4, 0.5) is 0 Å². The van der Waals surface area contributed by atoms with Gasteiger partial charge >= 0.3 is 0 Å². The topological polar surface area (TPSA) is 69.4 Å². The van der Waals surface area contributed by atoms with Gasteiger partial charge in [-0.1, -0.05) is 54.7 Å². The predicted molar refractivity (Wildman–Crippen MR) is 132 cm³/mol. The van der Waals surface area contributed by atoms with E-state index in [1.54, 1.807) is 14.2 Å². The molecule has 0 atom stereocenters. The Morgan fingerprint density at radius 3 is 2.64 bits per heavy atom. The number of allylic oxidation sites excluding steroid dienone is 4. The first-order valence-electron chi connectivity index (χ1n) is 10.8. The highest BCUT2D eigenvalue weighted by atomic mass is 16.5. The number of methoxy groups -OCH3 is 2. The zero-order valence-electron chi connectivity index (χ0n) is 19.6. The van der Waals surface area contributed by atoms with E-state index in [0.717, 1.165) is 52.1 Å². The summed E-state index contributed by atoms with van der Waals surface area (Å²) in [5.74, 6) is 1.01. The van der Waals surface area contributed by atoms with E-state index in [0.29, 0.717) is 24.9 Å². The average Bonchev–Trinajstić information content (AvgIpc) is 3.34. The van der Waals surface area contributed by atoms with Gasteiger partial charge in [0.25, 0.3) is 5.89 Å². The van der Waals surface area contributed by atoms with Gasteiger partial charge in [0, 0.05) is 38.4 Å². The summed E-state index contributed by atoms with van der Waals surface area (Å²) in [6, 6.07) is 14.1. The Hall–Kier alpha value is -3.32. The maximum absolute atomic E-state index is 5.60. The summed E-state index contributed by atoms with van der Waals surface area (Å²) in [7, 11) is 3.37. The molecule has 1 heterocycles. The molecule has 6 nitrogen and oxygen atoms in total. The van der Waals surface area contributed by atoms with Crippen molar-refractivity contribution < 1.29 is 14.0 Å². The van der Waals surface area contributed by atoms with Crippen molar-refractivity contribution in [3.05, 3.63) is 90.0 Å². The summed E-state index contributed by atoms with van der Waals surface area (Å²) in [6.07, 6.45) is 3.67. The molecule has 0 aliphatic carbocycles. The third-order valence-electron chi connectivity index (χ3n) is 5.30. The van der Waals surface area contributed by atoms with Crippen LogP contribution in [0.1, 0.15) is 23.6 Å². The minimum absolute atomic E-state index is 0.448. The number of nitrogens with one attached hydrogen (secondary N) is 1. The largest absolute Gasteiger partial charge is 0.383 e. The quantitative estimate of drug-likeness (QED) is 0.296. The molecule has 0 aliphatic heterocycles. The summed E-state index contributed by atoms with van der Waals surface area (Å²) < 4.78 is 16.1. The first-order chi connectivity index (χ1) is 16.1. The normalized spacial score (nSPS) is 11.8. The minimum atomic E-state index is 0.448. The number of aromatic nitrogens is 2. The molecule has 3 rings (SSSR count). The first kappa shape index (κ1) is 24.3. The lowest BCUT2D eigenvalue weighted by atomic mass is 9.94. The van der Waals surface area contributed by atoms with Crippen molar-refractivity contribution in [1.82, 2.24) is 15.5 Å². The molecule has 3 aromatic rings.